The lowest BCUT2D eigenvalue weighted by Crippen LogP contribution is -2.02. The molecule has 0 aliphatic heterocycles. The Morgan fingerprint density at radius 2 is 0.871 bits per heavy atom. The highest BCUT2D eigenvalue weighted by atomic mass is 16.3. The Morgan fingerprint density at radius 3 is 1.48 bits per heavy atom. The van der Waals surface area contributed by atoms with Gasteiger partial charge < -0.3 is 8.98 Å². The molecular formula is C57H36N4O. The minimum Gasteiger partial charge on any atom is -0.455 e. The van der Waals surface area contributed by atoms with E-state index < -0.39 is 0 Å². The Morgan fingerprint density at radius 1 is 0.371 bits per heavy atom. The molecule has 0 spiro atoms. The number of hydrogen-bond acceptors (Lipinski definition) is 4. The van der Waals surface area contributed by atoms with E-state index in [2.05, 4.69) is 48.5 Å². The quantitative estimate of drug-likeness (QED) is 0.161. The van der Waals surface area contributed by atoms with Crippen LogP contribution in [-0.2, 0) is 0 Å². The maximum atomic E-state index is 9.38. The van der Waals surface area contributed by atoms with Crippen LogP contribution in [0.5, 0.6) is 0 Å². The van der Waals surface area contributed by atoms with Crippen LogP contribution in [0.1, 0.15) is 8.22 Å². The predicted molar refractivity (Wildman–Crippen MR) is 254 cm³/mol. The molecule has 12 rings (SSSR count). The zero-order valence-electron chi connectivity index (χ0n) is 39.0. The fourth-order valence-corrected chi connectivity index (χ4v) is 8.50. The van der Waals surface area contributed by atoms with E-state index in [1.54, 1.807) is 4.57 Å². The molecule has 3 heterocycles. The predicted octanol–water partition coefficient (Wildman–Crippen LogP) is 14.9. The molecule has 5 nitrogen and oxygen atoms in total. The number of aromatic nitrogens is 4. The highest BCUT2D eigenvalue weighted by Crippen LogP contribution is 2.42. The number of furan rings is 1. The van der Waals surface area contributed by atoms with Crippen LogP contribution < -0.4 is 0 Å². The van der Waals surface area contributed by atoms with Gasteiger partial charge in [-0.05, 0) is 58.6 Å². The van der Waals surface area contributed by atoms with E-state index in [9.17, 15) is 2.74 Å². The SMILES string of the molecule is [2H]c1cc([2H])c2c(c1[2H])c1c([2H])c([2H])cc([2H])c1n2-c1cc(-c2nc(-c3cccc(-c4ccccc4)c3)nc(-c3cccc(-c4ccccc4)c3)n2)ccc1-c1cccc2c1oc1ccccc12. The summed E-state index contributed by atoms with van der Waals surface area (Å²) in [4.78, 5) is 15.5. The van der Waals surface area contributed by atoms with Crippen molar-refractivity contribution in [1.82, 2.24) is 19.5 Å². The first kappa shape index (κ1) is 29.7. The van der Waals surface area contributed by atoms with Crippen LogP contribution in [0, 0.1) is 0 Å². The van der Waals surface area contributed by atoms with Gasteiger partial charge in [0.05, 0.1) is 24.9 Å². The summed E-state index contributed by atoms with van der Waals surface area (Å²) in [6.07, 6.45) is 0. The first-order valence-electron chi connectivity index (χ1n) is 23.3. The van der Waals surface area contributed by atoms with Gasteiger partial charge in [-0.25, -0.2) is 15.0 Å². The molecule has 12 aromatic rings. The molecule has 9 aromatic carbocycles. The fourth-order valence-electron chi connectivity index (χ4n) is 8.50. The minimum absolute atomic E-state index is 0.0674. The number of nitrogens with zero attached hydrogens (tertiary/aromatic N) is 4. The monoisotopic (exact) mass is 798 g/mol. The van der Waals surface area contributed by atoms with Gasteiger partial charge in [-0.3, -0.25) is 0 Å². The second-order valence-electron chi connectivity index (χ2n) is 15.1. The molecule has 62 heavy (non-hydrogen) atoms. The summed E-state index contributed by atoms with van der Waals surface area (Å²) in [7, 11) is 0. The lowest BCUT2D eigenvalue weighted by molar-refractivity contribution is 0.670. The van der Waals surface area contributed by atoms with Crippen molar-refractivity contribution in [2.45, 2.75) is 0 Å². The number of benzene rings is 9. The van der Waals surface area contributed by atoms with E-state index in [-0.39, 0.29) is 58.1 Å². The van der Waals surface area contributed by atoms with Crippen LogP contribution >= 0.6 is 0 Å². The molecule has 0 aliphatic carbocycles. The molecule has 0 bridgehead atoms. The molecule has 3 aromatic heterocycles. The third-order valence-corrected chi connectivity index (χ3v) is 11.4. The summed E-state index contributed by atoms with van der Waals surface area (Å²) >= 11 is 0. The number of hydrogen-bond donors (Lipinski definition) is 0. The van der Waals surface area contributed by atoms with Gasteiger partial charge in [0.15, 0.2) is 17.5 Å². The van der Waals surface area contributed by atoms with Gasteiger partial charge in [-0.1, -0.05) is 182 Å². The van der Waals surface area contributed by atoms with Crippen LogP contribution in [0.4, 0.5) is 0 Å². The summed E-state index contributed by atoms with van der Waals surface area (Å²) in [5, 5.41) is 2.16. The van der Waals surface area contributed by atoms with Crippen molar-refractivity contribution in [3.8, 4) is 73.2 Å². The van der Waals surface area contributed by atoms with Gasteiger partial charge in [0.2, 0.25) is 0 Å². The average molecular weight is 799 g/mol. The van der Waals surface area contributed by atoms with E-state index in [1.165, 1.54) is 12.1 Å². The van der Waals surface area contributed by atoms with E-state index >= 15 is 0 Å². The normalized spacial score (nSPS) is 12.9. The largest absolute Gasteiger partial charge is 0.455 e. The Bertz CT molecular complexity index is 3830. The summed E-state index contributed by atoms with van der Waals surface area (Å²) in [6, 6.07) is 57.8. The van der Waals surface area contributed by atoms with Gasteiger partial charge in [0.25, 0.3) is 0 Å². The molecule has 0 unspecified atom stereocenters. The molecule has 5 heteroatoms. The summed E-state index contributed by atoms with van der Waals surface area (Å²) < 4.78 is 62.8. The zero-order valence-corrected chi connectivity index (χ0v) is 33.0. The van der Waals surface area contributed by atoms with Crippen molar-refractivity contribution in [2.75, 3.05) is 0 Å². The lowest BCUT2D eigenvalue weighted by atomic mass is 9.98. The molecule has 0 fully saturated rings. The first-order chi connectivity index (χ1) is 33.2. The van der Waals surface area contributed by atoms with Crippen LogP contribution in [0.25, 0.3) is 117 Å². The Hall–Kier alpha value is -8.41. The van der Waals surface area contributed by atoms with Crippen molar-refractivity contribution in [3.05, 3.63) is 218 Å². The summed E-state index contributed by atoms with van der Waals surface area (Å²) in [6.45, 7) is 0. The van der Waals surface area contributed by atoms with Crippen molar-refractivity contribution in [2.24, 2.45) is 0 Å². The molecule has 0 aliphatic rings. The van der Waals surface area contributed by atoms with Crippen molar-refractivity contribution < 1.29 is 12.6 Å². The molecule has 0 saturated carbocycles. The van der Waals surface area contributed by atoms with Gasteiger partial charge in [-0.2, -0.15) is 0 Å². The zero-order chi connectivity index (χ0) is 46.2. The highest BCUT2D eigenvalue weighted by Gasteiger charge is 2.21. The maximum Gasteiger partial charge on any atom is 0.164 e. The highest BCUT2D eigenvalue weighted by molar-refractivity contribution is 6.12. The smallest absolute Gasteiger partial charge is 0.164 e. The molecule has 0 saturated heterocycles. The third kappa shape index (κ3) is 6.06. The summed E-state index contributed by atoms with van der Waals surface area (Å²) in [5.74, 6) is 1.26. The summed E-state index contributed by atoms with van der Waals surface area (Å²) in [5.41, 5.74) is 9.96. The van der Waals surface area contributed by atoms with Gasteiger partial charge >= 0.3 is 0 Å². The van der Waals surface area contributed by atoms with Crippen molar-refractivity contribution >= 4 is 43.7 Å². The molecular weight excluding hydrogens is 757 g/mol. The molecule has 0 amide bonds. The average Bonchev–Trinajstić information content (AvgIpc) is 3.96. The Labute approximate surface area is 366 Å². The van der Waals surface area contributed by atoms with E-state index in [1.807, 2.05) is 121 Å². The third-order valence-electron chi connectivity index (χ3n) is 11.4. The standard InChI is InChI=1S/C57H36N4O/c1-3-16-37(17-4-1)39-20-13-22-41(34-39)55-58-56(42-23-14-21-40(35-42)38-18-5-2-6-19-38)60-57(59-55)43-32-33-46(48-27-15-28-49-47-26-9-12-31-53(47)62-54(48)49)52(36-43)61-50-29-10-7-24-44(50)45-25-8-11-30-51(45)61/h1-36H/i7D,8D,24D,25D,29D,30D. The Balaban J connectivity index is 1.16. The van der Waals surface area contributed by atoms with Crippen LogP contribution in [-0.4, -0.2) is 19.5 Å². The number of fused-ring (bicyclic) bond motifs is 6. The van der Waals surface area contributed by atoms with Gasteiger partial charge in [-0.15, -0.1) is 0 Å². The van der Waals surface area contributed by atoms with Crippen LogP contribution in [0.3, 0.4) is 0 Å². The fraction of sp³-hybridized carbons (Fsp3) is 0. The minimum atomic E-state index is -0.197. The second kappa shape index (κ2) is 14.7. The second-order valence-corrected chi connectivity index (χ2v) is 15.1. The van der Waals surface area contributed by atoms with E-state index in [4.69, 9.17) is 24.9 Å². The van der Waals surface area contributed by atoms with Crippen LogP contribution in [0.15, 0.2) is 223 Å². The topological polar surface area (TPSA) is 56.7 Å². The molecule has 0 N–H and O–H groups in total. The Kier molecular flexibility index (Phi) is 7.05. The van der Waals surface area contributed by atoms with E-state index in [0.29, 0.717) is 45.5 Å². The molecule has 290 valence electrons. The maximum absolute atomic E-state index is 9.38. The molecule has 0 atom stereocenters. The first-order valence-corrected chi connectivity index (χ1v) is 20.3. The molecule has 0 radical (unpaired) electrons. The van der Waals surface area contributed by atoms with Crippen LogP contribution in [0.2, 0.25) is 0 Å². The number of rotatable bonds is 7. The number of para-hydroxylation sites is 4. The van der Waals surface area contributed by atoms with Crippen molar-refractivity contribution in [3.63, 3.8) is 0 Å². The van der Waals surface area contributed by atoms with Crippen molar-refractivity contribution in [1.29, 1.82) is 0 Å². The van der Waals surface area contributed by atoms with Gasteiger partial charge in [0.1, 0.15) is 11.2 Å². The van der Waals surface area contributed by atoms with Gasteiger partial charge in [0, 0.05) is 49.4 Å². The van der Waals surface area contributed by atoms with E-state index in [0.717, 1.165) is 49.7 Å². The lowest BCUT2D eigenvalue weighted by Gasteiger charge is -2.17.